The van der Waals surface area contributed by atoms with Gasteiger partial charge >= 0.3 is 0 Å². The van der Waals surface area contributed by atoms with Crippen molar-refractivity contribution in [2.24, 2.45) is 0 Å². The van der Waals surface area contributed by atoms with Crippen LogP contribution in [0.25, 0.3) is 0 Å². The molecule has 0 aromatic carbocycles. The van der Waals surface area contributed by atoms with Gasteiger partial charge < -0.3 is 9.84 Å². The van der Waals surface area contributed by atoms with Crippen molar-refractivity contribution >= 4 is 15.9 Å². The van der Waals surface area contributed by atoms with Crippen molar-refractivity contribution in [1.82, 2.24) is 4.98 Å². The van der Waals surface area contributed by atoms with Crippen molar-refractivity contribution in [2.75, 3.05) is 6.61 Å². The number of aromatic nitrogens is 1. The van der Waals surface area contributed by atoms with Gasteiger partial charge in [0.1, 0.15) is 4.60 Å². The van der Waals surface area contributed by atoms with Gasteiger partial charge in [-0.25, -0.2) is 4.98 Å². The van der Waals surface area contributed by atoms with Crippen LogP contribution in [0.15, 0.2) is 22.9 Å². The maximum atomic E-state index is 9.46. The van der Waals surface area contributed by atoms with Gasteiger partial charge in [0.25, 0.3) is 0 Å². The predicted molar refractivity (Wildman–Crippen MR) is 58.3 cm³/mol. The molecule has 1 N–H and O–H groups in total. The number of hydrogen-bond acceptors (Lipinski definition) is 3. The lowest BCUT2D eigenvalue weighted by atomic mass is 10.1. The molecule has 0 aliphatic rings. The quantitative estimate of drug-likeness (QED) is 0.845. The van der Waals surface area contributed by atoms with Crippen molar-refractivity contribution in [1.29, 1.82) is 0 Å². The zero-order chi connectivity index (χ0) is 10.6. The molecule has 1 aromatic rings. The average molecular weight is 260 g/mol. The standard InChI is InChI=1S/C10H14BrNO2/c1-10(2,13)5-7-14-8-4-3-6-12-9(8)11/h3-4,6,13H,5,7H2,1-2H3. The highest BCUT2D eigenvalue weighted by Gasteiger charge is 2.12. The van der Waals surface area contributed by atoms with E-state index in [0.29, 0.717) is 23.4 Å². The van der Waals surface area contributed by atoms with Crippen molar-refractivity contribution in [3.05, 3.63) is 22.9 Å². The molecule has 14 heavy (non-hydrogen) atoms. The minimum atomic E-state index is -0.686. The molecule has 1 rings (SSSR count). The molecule has 1 aromatic heterocycles. The molecule has 0 saturated carbocycles. The van der Waals surface area contributed by atoms with Gasteiger partial charge in [-0.1, -0.05) is 0 Å². The average Bonchev–Trinajstić information content (AvgIpc) is 2.06. The van der Waals surface area contributed by atoms with Crippen molar-refractivity contribution in [3.8, 4) is 5.75 Å². The Hall–Kier alpha value is -0.610. The fraction of sp³-hybridized carbons (Fsp3) is 0.500. The second kappa shape index (κ2) is 4.75. The summed E-state index contributed by atoms with van der Waals surface area (Å²) in [7, 11) is 0. The third kappa shape index (κ3) is 4.07. The van der Waals surface area contributed by atoms with Crippen LogP contribution in [0.1, 0.15) is 20.3 Å². The van der Waals surface area contributed by atoms with Gasteiger partial charge in [-0.15, -0.1) is 0 Å². The molecule has 4 heteroatoms. The van der Waals surface area contributed by atoms with E-state index in [1.807, 2.05) is 12.1 Å². The SMILES string of the molecule is CC(C)(O)CCOc1cccnc1Br. The summed E-state index contributed by atoms with van der Waals surface area (Å²) in [5, 5.41) is 9.46. The Labute approximate surface area is 92.3 Å². The molecule has 0 fully saturated rings. The van der Waals surface area contributed by atoms with Gasteiger partial charge in [0.15, 0.2) is 5.75 Å². The first kappa shape index (κ1) is 11.5. The molecule has 1 heterocycles. The Morgan fingerprint density at radius 1 is 1.57 bits per heavy atom. The molecule has 78 valence electrons. The van der Waals surface area contributed by atoms with Gasteiger partial charge in [0.05, 0.1) is 12.2 Å². The molecular formula is C10H14BrNO2. The molecule has 0 atom stereocenters. The van der Waals surface area contributed by atoms with Crippen molar-refractivity contribution in [2.45, 2.75) is 25.9 Å². The highest BCUT2D eigenvalue weighted by atomic mass is 79.9. The van der Waals surface area contributed by atoms with Gasteiger partial charge in [0.2, 0.25) is 0 Å². The van der Waals surface area contributed by atoms with Crippen LogP contribution in [0.5, 0.6) is 5.75 Å². The van der Waals surface area contributed by atoms with E-state index in [2.05, 4.69) is 20.9 Å². The lowest BCUT2D eigenvalue weighted by molar-refractivity contribution is 0.0552. The van der Waals surface area contributed by atoms with Gasteiger partial charge in [-0.3, -0.25) is 0 Å². The second-order valence-electron chi connectivity index (χ2n) is 3.70. The van der Waals surface area contributed by atoms with Crippen LogP contribution >= 0.6 is 15.9 Å². The van der Waals surface area contributed by atoms with Crippen LogP contribution in [-0.4, -0.2) is 22.3 Å². The van der Waals surface area contributed by atoms with E-state index in [4.69, 9.17) is 4.74 Å². The number of pyridine rings is 1. The van der Waals surface area contributed by atoms with E-state index in [0.717, 1.165) is 0 Å². The molecule has 0 radical (unpaired) electrons. The zero-order valence-electron chi connectivity index (χ0n) is 8.33. The summed E-state index contributed by atoms with van der Waals surface area (Å²) in [5.74, 6) is 0.705. The summed E-state index contributed by atoms with van der Waals surface area (Å²) in [6.45, 7) is 4.00. The highest BCUT2D eigenvalue weighted by molar-refractivity contribution is 9.10. The normalized spacial score (nSPS) is 11.4. The van der Waals surface area contributed by atoms with E-state index in [1.165, 1.54) is 0 Å². The van der Waals surface area contributed by atoms with Crippen LogP contribution in [-0.2, 0) is 0 Å². The van der Waals surface area contributed by atoms with Gasteiger partial charge in [0, 0.05) is 12.6 Å². The Balaban J connectivity index is 2.43. The third-order valence-corrected chi connectivity index (χ3v) is 2.29. The molecule has 0 spiro atoms. The smallest absolute Gasteiger partial charge is 0.152 e. The molecule has 0 aliphatic heterocycles. The van der Waals surface area contributed by atoms with E-state index in [-0.39, 0.29) is 0 Å². The number of nitrogens with zero attached hydrogens (tertiary/aromatic N) is 1. The lowest BCUT2D eigenvalue weighted by Gasteiger charge is -2.17. The Morgan fingerprint density at radius 3 is 2.86 bits per heavy atom. The fourth-order valence-electron chi connectivity index (χ4n) is 0.890. The van der Waals surface area contributed by atoms with Crippen molar-refractivity contribution < 1.29 is 9.84 Å². The third-order valence-electron chi connectivity index (χ3n) is 1.70. The van der Waals surface area contributed by atoms with E-state index in [1.54, 1.807) is 20.0 Å². The molecule has 3 nitrogen and oxygen atoms in total. The minimum Gasteiger partial charge on any atom is -0.491 e. The van der Waals surface area contributed by atoms with Crippen LogP contribution in [0.3, 0.4) is 0 Å². The van der Waals surface area contributed by atoms with E-state index in [9.17, 15) is 5.11 Å². The van der Waals surface area contributed by atoms with Crippen LogP contribution in [0, 0.1) is 0 Å². The van der Waals surface area contributed by atoms with Gasteiger partial charge in [-0.05, 0) is 41.9 Å². The Morgan fingerprint density at radius 2 is 2.29 bits per heavy atom. The summed E-state index contributed by atoms with van der Waals surface area (Å²) in [6.07, 6.45) is 2.28. The van der Waals surface area contributed by atoms with Crippen molar-refractivity contribution in [3.63, 3.8) is 0 Å². The first-order valence-electron chi connectivity index (χ1n) is 4.45. The monoisotopic (exact) mass is 259 g/mol. The van der Waals surface area contributed by atoms with Crippen LogP contribution in [0.2, 0.25) is 0 Å². The summed E-state index contributed by atoms with van der Waals surface area (Å²) in [5.41, 5.74) is -0.686. The number of hydrogen-bond donors (Lipinski definition) is 1. The van der Waals surface area contributed by atoms with Crippen LogP contribution in [0.4, 0.5) is 0 Å². The molecule has 0 amide bonds. The number of aliphatic hydroxyl groups is 1. The summed E-state index contributed by atoms with van der Waals surface area (Å²) < 4.78 is 6.13. The minimum absolute atomic E-state index is 0.480. The lowest BCUT2D eigenvalue weighted by Crippen LogP contribution is -2.21. The van der Waals surface area contributed by atoms with Gasteiger partial charge in [-0.2, -0.15) is 0 Å². The first-order chi connectivity index (χ1) is 6.49. The molecule has 0 saturated heterocycles. The predicted octanol–water partition coefficient (Wildman–Crippen LogP) is 2.38. The summed E-state index contributed by atoms with van der Waals surface area (Å²) >= 11 is 3.28. The fourth-order valence-corrected chi connectivity index (χ4v) is 1.25. The summed E-state index contributed by atoms with van der Waals surface area (Å²) in [4.78, 5) is 4.02. The molecule has 0 bridgehead atoms. The van der Waals surface area contributed by atoms with E-state index < -0.39 is 5.60 Å². The molecular weight excluding hydrogens is 246 g/mol. The maximum absolute atomic E-state index is 9.46. The zero-order valence-corrected chi connectivity index (χ0v) is 9.91. The molecule has 0 unspecified atom stereocenters. The maximum Gasteiger partial charge on any atom is 0.152 e. The largest absolute Gasteiger partial charge is 0.491 e. The second-order valence-corrected chi connectivity index (χ2v) is 4.45. The highest BCUT2D eigenvalue weighted by Crippen LogP contribution is 2.21. The molecule has 0 aliphatic carbocycles. The van der Waals surface area contributed by atoms with Crippen LogP contribution < -0.4 is 4.74 Å². The topological polar surface area (TPSA) is 42.4 Å². The van der Waals surface area contributed by atoms with E-state index >= 15 is 0 Å². The first-order valence-corrected chi connectivity index (χ1v) is 5.24. The number of rotatable bonds is 4. The number of halogens is 1. The Kier molecular flexibility index (Phi) is 3.89. The number of ether oxygens (including phenoxy) is 1. The Bertz CT molecular complexity index is 296. The summed E-state index contributed by atoms with van der Waals surface area (Å²) in [6, 6.07) is 3.64.